The highest BCUT2D eigenvalue weighted by Crippen LogP contribution is 2.42. The molecule has 0 aliphatic heterocycles. The first-order valence-electron chi connectivity index (χ1n) is 6.79. The van der Waals surface area contributed by atoms with Crippen LogP contribution in [0.3, 0.4) is 0 Å². The summed E-state index contributed by atoms with van der Waals surface area (Å²) in [6.45, 7) is 8.97. The molecule has 1 fully saturated rings. The van der Waals surface area contributed by atoms with E-state index < -0.39 is 0 Å². The number of nitrogens with two attached hydrogens (primary N) is 1. The molecule has 17 heavy (non-hydrogen) atoms. The molecule has 2 N–H and O–H groups in total. The predicted molar refractivity (Wildman–Crippen MR) is 74.0 cm³/mol. The summed E-state index contributed by atoms with van der Waals surface area (Å²) in [6.07, 6.45) is 3.70. The van der Waals surface area contributed by atoms with Gasteiger partial charge in [-0.2, -0.15) is 0 Å². The van der Waals surface area contributed by atoms with Gasteiger partial charge in [0, 0.05) is 5.54 Å². The highest BCUT2D eigenvalue weighted by Gasteiger charge is 2.38. The molecule has 0 spiro atoms. The zero-order valence-electron chi connectivity index (χ0n) is 11.6. The maximum absolute atomic E-state index is 6.75. The number of aryl methyl sites for hydroxylation is 2. The molecule has 1 saturated carbocycles. The second-order valence-corrected chi connectivity index (χ2v) is 6.20. The first-order valence-corrected chi connectivity index (χ1v) is 6.79. The summed E-state index contributed by atoms with van der Waals surface area (Å²) < 4.78 is 0. The quantitative estimate of drug-likeness (QED) is 0.779. The molecule has 0 amide bonds. The van der Waals surface area contributed by atoms with Gasteiger partial charge in [-0.1, -0.05) is 49.6 Å². The zero-order chi connectivity index (χ0) is 12.6. The zero-order valence-corrected chi connectivity index (χ0v) is 11.6. The molecule has 3 unspecified atom stereocenters. The SMILES string of the molecule is Cc1cc(C)cc(C2(N)CC(C)CCC2C)c1. The Hall–Kier alpha value is -0.820. The van der Waals surface area contributed by atoms with E-state index in [1.807, 2.05) is 0 Å². The fourth-order valence-electron chi connectivity index (χ4n) is 3.32. The van der Waals surface area contributed by atoms with Crippen molar-refractivity contribution in [1.29, 1.82) is 0 Å². The van der Waals surface area contributed by atoms with Crippen molar-refractivity contribution in [1.82, 2.24) is 0 Å². The summed E-state index contributed by atoms with van der Waals surface area (Å²) >= 11 is 0. The van der Waals surface area contributed by atoms with Crippen LogP contribution >= 0.6 is 0 Å². The van der Waals surface area contributed by atoms with Gasteiger partial charge < -0.3 is 5.73 Å². The van der Waals surface area contributed by atoms with Crippen LogP contribution < -0.4 is 5.73 Å². The van der Waals surface area contributed by atoms with Crippen molar-refractivity contribution in [3.05, 3.63) is 34.9 Å². The monoisotopic (exact) mass is 231 g/mol. The van der Waals surface area contributed by atoms with Gasteiger partial charge in [0.1, 0.15) is 0 Å². The van der Waals surface area contributed by atoms with Crippen molar-refractivity contribution >= 4 is 0 Å². The lowest BCUT2D eigenvalue weighted by Gasteiger charge is -2.43. The fourth-order valence-corrected chi connectivity index (χ4v) is 3.32. The molecule has 1 aliphatic rings. The van der Waals surface area contributed by atoms with Crippen LogP contribution in [0, 0.1) is 25.7 Å². The van der Waals surface area contributed by atoms with Crippen LogP contribution in [-0.2, 0) is 5.54 Å². The Balaban J connectivity index is 2.41. The highest BCUT2D eigenvalue weighted by molar-refractivity contribution is 5.34. The van der Waals surface area contributed by atoms with Crippen molar-refractivity contribution in [2.45, 2.75) is 52.5 Å². The number of hydrogen-bond donors (Lipinski definition) is 1. The molecule has 1 nitrogen and oxygen atoms in total. The lowest BCUT2D eigenvalue weighted by Crippen LogP contribution is -2.47. The summed E-state index contributed by atoms with van der Waals surface area (Å²) in [5.41, 5.74) is 10.6. The van der Waals surface area contributed by atoms with Crippen molar-refractivity contribution in [3.8, 4) is 0 Å². The minimum Gasteiger partial charge on any atom is -0.321 e. The molecule has 1 aromatic rings. The molecule has 0 aromatic heterocycles. The van der Waals surface area contributed by atoms with Crippen LogP contribution in [0.15, 0.2) is 18.2 Å². The van der Waals surface area contributed by atoms with Gasteiger partial charge in [0.25, 0.3) is 0 Å². The molecule has 0 radical (unpaired) electrons. The van der Waals surface area contributed by atoms with Gasteiger partial charge in [-0.3, -0.25) is 0 Å². The van der Waals surface area contributed by atoms with E-state index in [1.54, 1.807) is 0 Å². The van der Waals surface area contributed by atoms with Gasteiger partial charge in [-0.05, 0) is 44.1 Å². The Labute approximate surface area is 105 Å². The van der Waals surface area contributed by atoms with Gasteiger partial charge in [0.2, 0.25) is 0 Å². The number of benzene rings is 1. The van der Waals surface area contributed by atoms with Crippen LogP contribution in [0.2, 0.25) is 0 Å². The summed E-state index contributed by atoms with van der Waals surface area (Å²) in [6, 6.07) is 6.78. The van der Waals surface area contributed by atoms with Crippen molar-refractivity contribution < 1.29 is 0 Å². The van der Waals surface area contributed by atoms with Crippen LogP contribution in [0.25, 0.3) is 0 Å². The largest absolute Gasteiger partial charge is 0.321 e. The second-order valence-electron chi connectivity index (χ2n) is 6.20. The van der Waals surface area contributed by atoms with E-state index in [-0.39, 0.29) is 5.54 Å². The lowest BCUT2D eigenvalue weighted by atomic mass is 9.67. The number of rotatable bonds is 1. The van der Waals surface area contributed by atoms with E-state index in [1.165, 1.54) is 29.5 Å². The highest BCUT2D eigenvalue weighted by atomic mass is 14.8. The number of hydrogen-bond acceptors (Lipinski definition) is 1. The third kappa shape index (κ3) is 2.40. The molecule has 1 aliphatic carbocycles. The summed E-state index contributed by atoms with van der Waals surface area (Å²) in [5, 5.41) is 0. The Kier molecular flexibility index (Phi) is 3.31. The third-order valence-electron chi connectivity index (χ3n) is 4.42. The van der Waals surface area contributed by atoms with E-state index in [0.717, 1.165) is 12.3 Å². The Morgan fingerprint density at radius 3 is 2.24 bits per heavy atom. The van der Waals surface area contributed by atoms with E-state index in [9.17, 15) is 0 Å². The molecular formula is C16H25N. The first-order chi connectivity index (χ1) is 7.91. The molecule has 1 heteroatoms. The van der Waals surface area contributed by atoms with Gasteiger partial charge in [-0.25, -0.2) is 0 Å². The molecule has 94 valence electrons. The van der Waals surface area contributed by atoms with Gasteiger partial charge in [0.05, 0.1) is 0 Å². The standard InChI is InChI=1S/C16H25N/c1-11-5-6-14(4)16(17,10-11)15-8-12(2)7-13(3)9-15/h7-9,11,14H,5-6,10,17H2,1-4H3. The molecule has 3 atom stereocenters. The maximum atomic E-state index is 6.75. The van der Waals surface area contributed by atoms with E-state index in [2.05, 4.69) is 45.9 Å². The van der Waals surface area contributed by atoms with Crippen LogP contribution in [0.4, 0.5) is 0 Å². The molecule has 1 aromatic carbocycles. The molecule has 0 bridgehead atoms. The maximum Gasteiger partial charge on any atom is 0.0438 e. The molecular weight excluding hydrogens is 206 g/mol. The summed E-state index contributed by atoms with van der Waals surface area (Å²) in [7, 11) is 0. The second kappa shape index (κ2) is 4.45. The molecule has 0 heterocycles. The van der Waals surface area contributed by atoms with Gasteiger partial charge in [0.15, 0.2) is 0 Å². The van der Waals surface area contributed by atoms with Gasteiger partial charge in [-0.15, -0.1) is 0 Å². The average molecular weight is 231 g/mol. The van der Waals surface area contributed by atoms with Crippen molar-refractivity contribution in [2.75, 3.05) is 0 Å². The predicted octanol–water partition coefficient (Wildman–Crippen LogP) is 3.91. The normalized spacial score (nSPS) is 33.7. The summed E-state index contributed by atoms with van der Waals surface area (Å²) in [4.78, 5) is 0. The van der Waals surface area contributed by atoms with E-state index >= 15 is 0 Å². The van der Waals surface area contributed by atoms with E-state index in [4.69, 9.17) is 5.73 Å². The Bertz CT molecular complexity index is 390. The van der Waals surface area contributed by atoms with E-state index in [0.29, 0.717) is 5.92 Å². The van der Waals surface area contributed by atoms with Gasteiger partial charge >= 0.3 is 0 Å². The minimum absolute atomic E-state index is 0.117. The van der Waals surface area contributed by atoms with Crippen LogP contribution in [0.1, 0.15) is 49.8 Å². The van der Waals surface area contributed by atoms with Crippen LogP contribution in [0.5, 0.6) is 0 Å². The topological polar surface area (TPSA) is 26.0 Å². The third-order valence-corrected chi connectivity index (χ3v) is 4.42. The summed E-state index contributed by atoms with van der Waals surface area (Å²) in [5.74, 6) is 1.33. The fraction of sp³-hybridized carbons (Fsp3) is 0.625. The van der Waals surface area contributed by atoms with Crippen molar-refractivity contribution in [3.63, 3.8) is 0 Å². The lowest BCUT2D eigenvalue weighted by molar-refractivity contribution is 0.162. The van der Waals surface area contributed by atoms with Crippen molar-refractivity contribution in [2.24, 2.45) is 17.6 Å². The Morgan fingerprint density at radius 1 is 1.06 bits per heavy atom. The minimum atomic E-state index is -0.117. The smallest absolute Gasteiger partial charge is 0.0438 e. The Morgan fingerprint density at radius 2 is 1.65 bits per heavy atom. The molecule has 2 rings (SSSR count). The van der Waals surface area contributed by atoms with Crippen LogP contribution in [-0.4, -0.2) is 0 Å². The molecule has 0 saturated heterocycles. The average Bonchev–Trinajstić information content (AvgIpc) is 2.22. The first kappa shape index (κ1) is 12.6.